The van der Waals surface area contributed by atoms with E-state index in [1.807, 2.05) is 36.4 Å². The molecule has 4 rings (SSSR count). The number of carbonyl (C=O) groups is 1. The van der Waals surface area contributed by atoms with Crippen molar-refractivity contribution in [3.63, 3.8) is 0 Å². The molecule has 0 atom stereocenters. The van der Waals surface area contributed by atoms with Gasteiger partial charge in [0.1, 0.15) is 5.75 Å². The summed E-state index contributed by atoms with van der Waals surface area (Å²) in [6.45, 7) is 0.977. The fraction of sp³-hybridized carbons (Fsp3) is 0.172. The molecule has 4 aromatic rings. The zero-order chi connectivity index (χ0) is 25.2. The Morgan fingerprint density at radius 2 is 1.67 bits per heavy atom. The smallest absolute Gasteiger partial charge is 0.319 e. The first-order chi connectivity index (χ1) is 17.6. The molecule has 0 saturated carbocycles. The van der Waals surface area contributed by atoms with Crippen molar-refractivity contribution in [1.82, 2.24) is 14.6 Å². The summed E-state index contributed by atoms with van der Waals surface area (Å²) < 4.78 is 8.18. The third-order valence-corrected chi connectivity index (χ3v) is 6.45. The van der Waals surface area contributed by atoms with Crippen LogP contribution < -0.4 is 15.4 Å². The van der Waals surface area contributed by atoms with Gasteiger partial charge < -0.3 is 15.4 Å². The van der Waals surface area contributed by atoms with Gasteiger partial charge in [0, 0.05) is 50.7 Å². The summed E-state index contributed by atoms with van der Waals surface area (Å²) in [6.07, 6.45) is 4.23. The van der Waals surface area contributed by atoms with Crippen molar-refractivity contribution in [3.05, 3.63) is 108 Å². The van der Waals surface area contributed by atoms with Crippen LogP contribution in [0.25, 0.3) is 11.1 Å². The van der Waals surface area contributed by atoms with E-state index < -0.39 is 0 Å². The Kier molecular flexibility index (Phi) is 8.97. The fourth-order valence-corrected chi connectivity index (χ4v) is 4.67. The van der Waals surface area contributed by atoms with Gasteiger partial charge in [-0.1, -0.05) is 42.5 Å². The number of pyridine rings is 1. The summed E-state index contributed by atoms with van der Waals surface area (Å²) in [6, 6.07) is 28.0. The molecule has 0 radical (unpaired) electrons. The predicted molar refractivity (Wildman–Crippen MR) is 148 cm³/mol. The van der Waals surface area contributed by atoms with Crippen molar-refractivity contribution < 1.29 is 9.53 Å². The standard InChI is InChI=1S/C29H30N4O2S/c1-33(2)36-28-12-6-5-11-27(28)26-10-4-3-9-23(26)17-19-35-25-15-13-24(14-16-25)32-29(34)31-21-22-8-7-18-30-20-22/h3-16,18,20H,17,19,21H2,1-2H3,(H2,31,32,34)/p+1. The Labute approximate surface area is 216 Å². The van der Waals surface area contributed by atoms with Gasteiger partial charge in [-0.25, -0.2) is 4.79 Å². The highest BCUT2D eigenvalue weighted by Crippen LogP contribution is 2.29. The first kappa shape index (κ1) is 25.3. The van der Waals surface area contributed by atoms with Crippen LogP contribution in [0.2, 0.25) is 0 Å². The molecule has 0 bridgehead atoms. The molecule has 184 valence electrons. The number of anilines is 1. The first-order valence-corrected chi connectivity index (χ1v) is 12.7. The van der Waals surface area contributed by atoms with Crippen molar-refractivity contribution in [2.75, 3.05) is 26.0 Å². The van der Waals surface area contributed by atoms with E-state index in [1.54, 1.807) is 12.4 Å². The van der Waals surface area contributed by atoms with Crippen LogP contribution in [-0.4, -0.2) is 36.0 Å². The number of hydrogen-bond acceptors (Lipinski definition) is 4. The number of amides is 2. The van der Waals surface area contributed by atoms with Gasteiger partial charge in [0.2, 0.25) is 0 Å². The van der Waals surface area contributed by atoms with Crippen molar-refractivity contribution in [1.29, 1.82) is 0 Å². The minimum atomic E-state index is -0.266. The minimum Gasteiger partial charge on any atom is -0.493 e. The third-order valence-electron chi connectivity index (χ3n) is 5.45. The minimum absolute atomic E-state index is 0.266. The molecule has 2 amide bonds. The first-order valence-electron chi connectivity index (χ1n) is 11.8. The van der Waals surface area contributed by atoms with E-state index >= 15 is 0 Å². The molecule has 0 saturated heterocycles. The highest BCUT2D eigenvalue weighted by Gasteiger charge is 2.16. The monoisotopic (exact) mass is 499 g/mol. The van der Waals surface area contributed by atoms with Crippen LogP contribution in [0.3, 0.4) is 0 Å². The molecule has 1 aromatic heterocycles. The zero-order valence-electron chi connectivity index (χ0n) is 20.5. The number of hydrogen-bond donors (Lipinski definition) is 2. The molecule has 36 heavy (non-hydrogen) atoms. The summed E-state index contributed by atoms with van der Waals surface area (Å²) in [5.41, 5.74) is 5.39. The second-order valence-corrected chi connectivity index (χ2v) is 9.90. The molecular weight excluding hydrogens is 468 g/mol. The van der Waals surface area contributed by atoms with Crippen LogP contribution in [0.4, 0.5) is 10.5 Å². The number of benzene rings is 3. The SMILES string of the molecule is CN(C)[SH+]c1ccccc1-c1ccccc1CCOc1ccc(NC(=O)NCc2cccnc2)cc1. The number of nitrogens with zero attached hydrogens (tertiary/aromatic N) is 2. The molecule has 3 aromatic carbocycles. The molecule has 0 unspecified atom stereocenters. The fourth-order valence-electron chi connectivity index (χ4n) is 3.78. The summed E-state index contributed by atoms with van der Waals surface area (Å²) >= 11 is 1.17. The van der Waals surface area contributed by atoms with Crippen molar-refractivity contribution in [3.8, 4) is 16.9 Å². The van der Waals surface area contributed by atoms with E-state index in [0.717, 1.165) is 17.7 Å². The second-order valence-electron chi connectivity index (χ2n) is 8.41. The van der Waals surface area contributed by atoms with Crippen molar-refractivity contribution in [2.45, 2.75) is 17.9 Å². The summed E-state index contributed by atoms with van der Waals surface area (Å²) in [4.78, 5) is 17.5. The number of rotatable bonds is 10. The van der Waals surface area contributed by atoms with Crippen LogP contribution in [0.1, 0.15) is 11.1 Å². The lowest BCUT2D eigenvalue weighted by molar-refractivity contribution is 0.251. The highest BCUT2D eigenvalue weighted by molar-refractivity contribution is 7.76. The number of carbonyl (C=O) groups excluding carboxylic acids is 1. The lowest BCUT2D eigenvalue weighted by Gasteiger charge is -2.13. The Bertz CT molecular complexity index is 1260. The molecule has 2 N–H and O–H groups in total. The number of nitrogens with one attached hydrogen (secondary N) is 2. The van der Waals surface area contributed by atoms with Crippen LogP contribution >= 0.6 is 0 Å². The number of urea groups is 1. The van der Waals surface area contributed by atoms with Gasteiger partial charge in [-0.15, -0.1) is 4.31 Å². The van der Waals surface area contributed by atoms with Gasteiger partial charge in [0.05, 0.1) is 18.6 Å². The van der Waals surface area contributed by atoms with E-state index in [2.05, 4.69) is 82.5 Å². The second kappa shape index (κ2) is 12.8. The number of ether oxygens (including phenoxy) is 1. The lowest BCUT2D eigenvalue weighted by Crippen LogP contribution is -2.28. The zero-order valence-corrected chi connectivity index (χ0v) is 21.4. The van der Waals surface area contributed by atoms with Gasteiger partial charge in [0.15, 0.2) is 4.90 Å². The average Bonchev–Trinajstić information content (AvgIpc) is 2.89. The lowest BCUT2D eigenvalue weighted by atomic mass is 9.98. The Morgan fingerprint density at radius 1 is 0.917 bits per heavy atom. The van der Waals surface area contributed by atoms with E-state index in [9.17, 15) is 4.79 Å². The maximum Gasteiger partial charge on any atom is 0.319 e. The molecule has 0 aliphatic heterocycles. The molecule has 7 heteroatoms. The molecule has 0 spiro atoms. The molecule has 1 heterocycles. The van der Waals surface area contributed by atoms with Crippen molar-refractivity contribution in [2.24, 2.45) is 0 Å². The topological polar surface area (TPSA) is 66.5 Å². The van der Waals surface area contributed by atoms with E-state index in [-0.39, 0.29) is 6.03 Å². The van der Waals surface area contributed by atoms with Gasteiger partial charge in [0.25, 0.3) is 0 Å². The normalized spacial score (nSPS) is 10.8. The quantitative estimate of drug-likeness (QED) is 0.228. The van der Waals surface area contributed by atoms with E-state index in [1.165, 1.54) is 33.5 Å². The summed E-state index contributed by atoms with van der Waals surface area (Å²) in [7, 11) is 4.15. The molecule has 0 aliphatic carbocycles. The molecule has 6 nitrogen and oxygen atoms in total. The summed E-state index contributed by atoms with van der Waals surface area (Å²) in [5.74, 6) is 0.764. The number of thiol groups is 1. The van der Waals surface area contributed by atoms with Gasteiger partial charge in [-0.3, -0.25) is 4.98 Å². The predicted octanol–water partition coefficient (Wildman–Crippen LogP) is 5.34. The summed E-state index contributed by atoms with van der Waals surface area (Å²) in [5, 5.41) is 5.66. The third kappa shape index (κ3) is 7.34. The highest BCUT2D eigenvalue weighted by atomic mass is 32.2. The number of aromatic nitrogens is 1. The van der Waals surface area contributed by atoms with Gasteiger partial charge in [-0.05, 0) is 59.2 Å². The molecular formula is C29H31N4O2S+. The maximum absolute atomic E-state index is 12.2. The average molecular weight is 500 g/mol. The van der Waals surface area contributed by atoms with Gasteiger partial charge >= 0.3 is 6.03 Å². The molecule has 0 aliphatic rings. The Morgan fingerprint density at radius 3 is 2.42 bits per heavy atom. The Hall–Kier alpha value is -3.81. The largest absolute Gasteiger partial charge is 0.493 e. The van der Waals surface area contributed by atoms with Crippen LogP contribution in [0.15, 0.2) is 102 Å². The van der Waals surface area contributed by atoms with Crippen molar-refractivity contribution >= 4 is 23.7 Å². The van der Waals surface area contributed by atoms with Crippen LogP contribution in [0.5, 0.6) is 5.75 Å². The Balaban J connectivity index is 1.31. The molecule has 0 fully saturated rings. The van der Waals surface area contributed by atoms with E-state index in [0.29, 0.717) is 18.8 Å². The maximum atomic E-state index is 12.2. The van der Waals surface area contributed by atoms with E-state index in [4.69, 9.17) is 4.74 Å². The van der Waals surface area contributed by atoms with Crippen LogP contribution in [-0.2, 0) is 24.9 Å². The van der Waals surface area contributed by atoms with Crippen LogP contribution in [0, 0.1) is 0 Å². The van der Waals surface area contributed by atoms with Gasteiger partial charge in [-0.2, -0.15) is 0 Å².